The third kappa shape index (κ3) is 4.77. The molecule has 0 bridgehead atoms. The summed E-state index contributed by atoms with van der Waals surface area (Å²) in [5.74, 6) is 1.61. The van der Waals surface area contributed by atoms with Crippen LogP contribution in [0.3, 0.4) is 0 Å². The van der Waals surface area contributed by atoms with Gasteiger partial charge in [0, 0.05) is 17.0 Å². The number of allylic oxidation sites excluding steroid dienone is 2. The first kappa shape index (κ1) is 20.9. The highest BCUT2D eigenvalue weighted by Gasteiger charge is 2.33. The summed E-state index contributed by atoms with van der Waals surface area (Å²) in [7, 11) is -1.09. The van der Waals surface area contributed by atoms with Gasteiger partial charge in [0.1, 0.15) is 0 Å². The van der Waals surface area contributed by atoms with Crippen LogP contribution in [0, 0.1) is 11.8 Å². The molecule has 1 saturated heterocycles. The lowest BCUT2D eigenvalue weighted by atomic mass is 9.87. The van der Waals surface area contributed by atoms with Gasteiger partial charge >= 0.3 is 0 Å². The molecule has 1 amide bonds. The van der Waals surface area contributed by atoms with Gasteiger partial charge in [0.15, 0.2) is 0 Å². The molecule has 1 aliphatic heterocycles. The van der Waals surface area contributed by atoms with E-state index in [1.165, 1.54) is 16.9 Å². The summed E-state index contributed by atoms with van der Waals surface area (Å²) in [4.78, 5) is 12.8. The van der Waals surface area contributed by atoms with Crippen molar-refractivity contribution < 1.29 is 9.00 Å². The van der Waals surface area contributed by atoms with Crippen molar-refractivity contribution in [2.45, 2.75) is 69.9 Å². The third-order valence-corrected chi connectivity index (χ3v) is 8.72. The van der Waals surface area contributed by atoms with Crippen molar-refractivity contribution in [1.82, 2.24) is 10.0 Å². The van der Waals surface area contributed by atoms with Gasteiger partial charge in [0.2, 0.25) is 5.91 Å². The van der Waals surface area contributed by atoms with Crippen LogP contribution >= 0.6 is 11.8 Å². The first-order chi connectivity index (χ1) is 12.7. The maximum absolute atomic E-state index is 12.8. The van der Waals surface area contributed by atoms with E-state index in [9.17, 15) is 9.00 Å². The largest absolute Gasteiger partial charge is 0.326 e. The number of thioether (sulfide) groups is 1. The van der Waals surface area contributed by atoms with Gasteiger partial charge in [-0.15, -0.1) is 0 Å². The van der Waals surface area contributed by atoms with Gasteiger partial charge in [-0.2, -0.15) is 11.8 Å². The van der Waals surface area contributed by atoms with Gasteiger partial charge in [-0.05, 0) is 64.2 Å². The number of nitrogens with one attached hydrogen (secondary N) is 2. The molecular formula is C21H32N2O2S2. The van der Waals surface area contributed by atoms with Gasteiger partial charge in [-0.3, -0.25) is 4.79 Å². The summed E-state index contributed by atoms with van der Waals surface area (Å²) in [5, 5.41) is 3.78. The summed E-state index contributed by atoms with van der Waals surface area (Å²) in [5.41, 5.74) is 3.78. The van der Waals surface area contributed by atoms with E-state index in [2.05, 4.69) is 30.0 Å². The number of rotatable bonds is 4. The lowest BCUT2D eigenvalue weighted by molar-refractivity contribution is -0.123. The Bertz CT molecular complexity index is 718. The topological polar surface area (TPSA) is 58.2 Å². The summed E-state index contributed by atoms with van der Waals surface area (Å²) in [6.07, 6.45) is 8.94. The van der Waals surface area contributed by atoms with E-state index >= 15 is 0 Å². The van der Waals surface area contributed by atoms with Crippen LogP contribution < -0.4 is 10.0 Å². The fraction of sp³-hybridized carbons (Fsp3) is 0.667. The molecule has 2 N–H and O–H groups in total. The Balaban J connectivity index is 1.60. The molecule has 0 aromatic heterocycles. The Hall–Kier alpha value is -0.850. The molecule has 4 nitrogen and oxygen atoms in total. The molecule has 1 heterocycles. The van der Waals surface area contributed by atoms with E-state index < -0.39 is 11.0 Å². The zero-order valence-electron chi connectivity index (χ0n) is 17.0. The second-order valence-electron chi connectivity index (χ2n) is 8.79. The molecule has 6 heteroatoms. The predicted octanol–water partition coefficient (Wildman–Crippen LogP) is 3.84. The minimum atomic E-state index is -1.09. The van der Waals surface area contributed by atoms with E-state index in [0.717, 1.165) is 25.0 Å². The summed E-state index contributed by atoms with van der Waals surface area (Å²) < 4.78 is 15.1. The second kappa shape index (κ2) is 8.26. The van der Waals surface area contributed by atoms with Crippen molar-refractivity contribution in [2.24, 2.45) is 11.8 Å². The highest BCUT2D eigenvalue weighted by Crippen LogP contribution is 2.43. The maximum atomic E-state index is 12.8. The Morgan fingerprint density at radius 1 is 1.26 bits per heavy atom. The fourth-order valence-corrected chi connectivity index (χ4v) is 6.16. The fourth-order valence-electron chi connectivity index (χ4n) is 3.87. The van der Waals surface area contributed by atoms with Gasteiger partial charge in [0.25, 0.3) is 0 Å². The van der Waals surface area contributed by atoms with Gasteiger partial charge in [-0.1, -0.05) is 30.7 Å². The highest BCUT2D eigenvalue weighted by atomic mass is 32.2. The van der Waals surface area contributed by atoms with Crippen LogP contribution in [-0.2, 0) is 15.8 Å². The molecule has 0 saturated carbocycles. The molecule has 2 aliphatic carbocycles. The molecule has 0 aromatic rings. The number of fused-ring (bicyclic) bond motifs is 1. The number of carbonyl (C=O) groups is 1. The van der Waals surface area contributed by atoms with Crippen LogP contribution in [0.5, 0.6) is 0 Å². The highest BCUT2D eigenvalue weighted by molar-refractivity contribution is 8.00. The molecule has 4 unspecified atom stereocenters. The molecular weight excluding hydrogens is 376 g/mol. The molecule has 27 heavy (non-hydrogen) atoms. The van der Waals surface area contributed by atoms with Crippen LogP contribution in [-0.4, -0.2) is 31.9 Å². The number of hydrogen-bond acceptors (Lipinski definition) is 3. The minimum absolute atomic E-state index is 0.0724. The molecule has 3 aliphatic rings. The standard InChI is InChI=1S/C21H32N2O2S2/c1-13-12-18(14(2)17-10-11-26-19(13)17)22-20(24)15-6-8-16(9-7-15)23-27(25)21(3,4)5/h6,8,12-13,15-16,19,23H,7,9-11H2,1-5H3,(H,22,24)/t13?,15?,16-,19?,27?/m0/s1. The SMILES string of the molecule is CC1=C2CCSC2C(C)C=C1NC(=O)C1C=C[C@H](NS(=O)C(C)(C)C)CC1. The number of carbonyl (C=O) groups excluding carboxylic acids is 1. The number of hydrogen-bond donors (Lipinski definition) is 2. The first-order valence-corrected chi connectivity index (χ1v) is 12.1. The van der Waals surface area contributed by atoms with Crippen molar-refractivity contribution >= 4 is 28.7 Å². The van der Waals surface area contributed by atoms with Gasteiger partial charge in [0.05, 0.1) is 21.7 Å². The average Bonchev–Trinajstić information content (AvgIpc) is 3.10. The lowest BCUT2D eigenvalue weighted by Crippen LogP contribution is -2.41. The Morgan fingerprint density at radius 3 is 2.63 bits per heavy atom. The predicted molar refractivity (Wildman–Crippen MR) is 116 cm³/mol. The lowest BCUT2D eigenvalue weighted by Gasteiger charge is -2.29. The van der Waals surface area contributed by atoms with Crippen molar-refractivity contribution in [3.05, 3.63) is 35.1 Å². The van der Waals surface area contributed by atoms with Gasteiger partial charge in [-0.25, -0.2) is 8.93 Å². The Kier molecular flexibility index (Phi) is 6.38. The monoisotopic (exact) mass is 408 g/mol. The third-order valence-electron chi connectivity index (χ3n) is 5.58. The normalized spacial score (nSPS) is 32.1. The zero-order valence-corrected chi connectivity index (χ0v) is 18.6. The molecule has 0 spiro atoms. The smallest absolute Gasteiger partial charge is 0.231 e. The minimum Gasteiger partial charge on any atom is -0.326 e. The van der Waals surface area contributed by atoms with E-state index in [-0.39, 0.29) is 22.6 Å². The van der Waals surface area contributed by atoms with Crippen LogP contribution in [0.25, 0.3) is 0 Å². The van der Waals surface area contributed by atoms with Crippen molar-refractivity contribution in [2.75, 3.05) is 5.75 Å². The van der Waals surface area contributed by atoms with E-state index in [1.807, 2.05) is 44.7 Å². The van der Waals surface area contributed by atoms with Crippen molar-refractivity contribution in [1.29, 1.82) is 0 Å². The first-order valence-electron chi connectivity index (χ1n) is 9.87. The van der Waals surface area contributed by atoms with Gasteiger partial charge < -0.3 is 5.32 Å². The molecule has 3 rings (SSSR count). The molecule has 150 valence electrons. The molecule has 0 radical (unpaired) electrons. The zero-order chi connectivity index (χ0) is 19.8. The molecule has 5 atom stereocenters. The Labute approximate surface area is 170 Å². The van der Waals surface area contributed by atoms with Crippen LogP contribution in [0.2, 0.25) is 0 Å². The molecule has 1 fully saturated rings. The van der Waals surface area contributed by atoms with E-state index in [1.54, 1.807) is 0 Å². The second-order valence-corrected chi connectivity index (χ2v) is 12.0. The van der Waals surface area contributed by atoms with Crippen LogP contribution in [0.1, 0.15) is 53.9 Å². The maximum Gasteiger partial charge on any atom is 0.231 e. The van der Waals surface area contributed by atoms with Crippen LogP contribution in [0.15, 0.2) is 35.1 Å². The van der Waals surface area contributed by atoms with Crippen molar-refractivity contribution in [3.63, 3.8) is 0 Å². The average molecular weight is 409 g/mol. The summed E-state index contributed by atoms with van der Waals surface area (Å²) in [6.45, 7) is 10.3. The Morgan fingerprint density at radius 2 is 2.00 bits per heavy atom. The van der Waals surface area contributed by atoms with E-state index in [0.29, 0.717) is 11.2 Å². The van der Waals surface area contributed by atoms with Crippen molar-refractivity contribution in [3.8, 4) is 0 Å². The quantitative estimate of drug-likeness (QED) is 0.695. The molecule has 0 aromatic carbocycles. The summed E-state index contributed by atoms with van der Waals surface area (Å²) >= 11 is 2.04. The van der Waals surface area contributed by atoms with E-state index in [4.69, 9.17) is 0 Å². The number of amides is 1. The summed E-state index contributed by atoms with van der Waals surface area (Å²) in [6, 6.07) is 0.0724. The van der Waals surface area contributed by atoms with Crippen LogP contribution in [0.4, 0.5) is 0 Å².